The van der Waals surface area contributed by atoms with Crippen molar-refractivity contribution in [3.63, 3.8) is 0 Å². The number of aromatic nitrogens is 4. The van der Waals surface area contributed by atoms with E-state index in [-0.39, 0.29) is 10.6 Å². The first-order valence-corrected chi connectivity index (χ1v) is 9.86. The quantitative estimate of drug-likeness (QED) is 0.454. The van der Waals surface area contributed by atoms with Gasteiger partial charge in [-0.1, -0.05) is 60.1 Å². The Bertz CT molecular complexity index is 1240. The second-order valence-electron chi connectivity index (χ2n) is 6.71. The van der Waals surface area contributed by atoms with E-state index < -0.39 is 17.6 Å². The number of hydrogen-bond donors (Lipinski definition) is 2. The zero-order valence-electron chi connectivity index (χ0n) is 16.5. The number of carbonyl (C=O) groups is 2. The van der Waals surface area contributed by atoms with Gasteiger partial charge in [0.1, 0.15) is 5.82 Å². The normalized spacial score (nSPS) is 10.6. The van der Waals surface area contributed by atoms with Gasteiger partial charge in [-0.25, -0.2) is 4.39 Å². The summed E-state index contributed by atoms with van der Waals surface area (Å²) in [5, 5.41) is 12.4. The van der Waals surface area contributed by atoms with Crippen LogP contribution in [0.5, 0.6) is 0 Å². The van der Waals surface area contributed by atoms with Crippen LogP contribution in [0.15, 0.2) is 72.8 Å². The molecule has 0 fully saturated rings. The van der Waals surface area contributed by atoms with Crippen LogP contribution in [-0.4, -0.2) is 32.0 Å². The summed E-state index contributed by atoms with van der Waals surface area (Å²) in [6.07, 6.45) is 0. The molecule has 2 amide bonds. The van der Waals surface area contributed by atoms with Crippen LogP contribution in [0.25, 0.3) is 11.4 Å². The largest absolute Gasteiger partial charge is 0.274 e. The van der Waals surface area contributed by atoms with Crippen molar-refractivity contribution in [3.8, 4) is 11.4 Å². The number of rotatable bonds is 5. The summed E-state index contributed by atoms with van der Waals surface area (Å²) < 4.78 is 13.8. The minimum absolute atomic E-state index is 0.0572. The number of hydrogen-bond acceptors (Lipinski definition) is 5. The lowest BCUT2D eigenvalue weighted by Crippen LogP contribution is -2.42. The summed E-state index contributed by atoms with van der Waals surface area (Å²) in [5.74, 6) is -1.69. The van der Waals surface area contributed by atoms with Crippen molar-refractivity contribution in [2.75, 3.05) is 0 Å². The first-order chi connectivity index (χ1) is 15.5. The molecule has 0 aliphatic heterocycles. The van der Waals surface area contributed by atoms with Crippen molar-refractivity contribution in [1.82, 2.24) is 31.1 Å². The molecule has 160 valence electrons. The second kappa shape index (κ2) is 9.36. The van der Waals surface area contributed by atoms with E-state index in [9.17, 15) is 14.0 Å². The molecule has 2 N–H and O–H groups in total. The third kappa shape index (κ3) is 4.79. The standard InChI is InChI=1S/C22H16ClFN6O2/c23-17-7-4-8-18(24)19(17)22(32)27-26-21(31)16-11-9-14(10-12-16)13-30-28-20(25-29-30)15-5-2-1-3-6-15/h1-12H,13H2,(H,26,31)(H,27,32). The van der Waals surface area contributed by atoms with Gasteiger partial charge in [0, 0.05) is 11.1 Å². The Balaban J connectivity index is 1.36. The lowest BCUT2D eigenvalue weighted by atomic mass is 10.1. The molecule has 0 bridgehead atoms. The molecule has 1 heterocycles. The van der Waals surface area contributed by atoms with E-state index in [4.69, 9.17) is 11.6 Å². The average Bonchev–Trinajstić information content (AvgIpc) is 3.27. The lowest BCUT2D eigenvalue weighted by molar-refractivity contribution is 0.0844. The highest BCUT2D eigenvalue weighted by Crippen LogP contribution is 2.18. The molecule has 0 unspecified atom stereocenters. The topological polar surface area (TPSA) is 102 Å². The van der Waals surface area contributed by atoms with E-state index in [1.807, 2.05) is 30.3 Å². The van der Waals surface area contributed by atoms with Gasteiger partial charge in [0.2, 0.25) is 5.82 Å². The van der Waals surface area contributed by atoms with Crippen molar-refractivity contribution in [2.45, 2.75) is 6.54 Å². The molecule has 32 heavy (non-hydrogen) atoms. The predicted molar refractivity (Wildman–Crippen MR) is 115 cm³/mol. The molecular weight excluding hydrogens is 435 g/mol. The molecule has 8 nitrogen and oxygen atoms in total. The van der Waals surface area contributed by atoms with Crippen LogP contribution in [0, 0.1) is 5.82 Å². The Morgan fingerprint density at radius 1 is 0.906 bits per heavy atom. The number of tetrazole rings is 1. The van der Waals surface area contributed by atoms with Crippen molar-refractivity contribution in [2.24, 2.45) is 0 Å². The van der Waals surface area contributed by atoms with Crippen molar-refractivity contribution < 1.29 is 14.0 Å². The molecule has 3 aromatic carbocycles. The van der Waals surface area contributed by atoms with Gasteiger partial charge in [0.15, 0.2) is 0 Å². The molecule has 0 aliphatic carbocycles. The molecule has 0 spiro atoms. The highest BCUT2D eigenvalue weighted by Gasteiger charge is 2.16. The summed E-state index contributed by atoms with van der Waals surface area (Å²) in [6.45, 7) is 0.365. The Hall–Kier alpha value is -4.11. The third-order valence-corrected chi connectivity index (χ3v) is 4.82. The molecule has 1 aromatic heterocycles. The smallest absolute Gasteiger partial charge is 0.267 e. The molecular formula is C22H16ClFN6O2. The zero-order chi connectivity index (χ0) is 22.5. The molecule has 0 aliphatic rings. The molecule has 0 atom stereocenters. The molecule has 0 saturated heterocycles. The Kier molecular flexibility index (Phi) is 6.18. The average molecular weight is 451 g/mol. The van der Waals surface area contributed by atoms with E-state index in [0.717, 1.165) is 17.2 Å². The summed E-state index contributed by atoms with van der Waals surface area (Å²) >= 11 is 5.85. The number of nitrogens with one attached hydrogen (secondary N) is 2. The summed E-state index contributed by atoms with van der Waals surface area (Å²) in [7, 11) is 0. The number of nitrogens with zero attached hydrogens (tertiary/aromatic N) is 4. The lowest BCUT2D eigenvalue weighted by Gasteiger charge is -2.09. The van der Waals surface area contributed by atoms with Crippen LogP contribution in [0.3, 0.4) is 0 Å². The molecule has 10 heteroatoms. The van der Waals surface area contributed by atoms with Gasteiger partial charge in [-0.15, -0.1) is 10.2 Å². The number of hydrazine groups is 1. The molecule has 4 rings (SSSR count). The van der Waals surface area contributed by atoms with Crippen LogP contribution in [-0.2, 0) is 6.54 Å². The van der Waals surface area contributed by atoms with Crippen LogP contribution < -0.4 is 10.9 Å². The fourth-order valence-corrected chi connectivity index (χ4v) is 3.15. The summed E-state index contributed by atoms with van der Waals surface area (Å²) in [4.78, 5) is 25.9. The number of benzene rings is 3. The van der Waals surface area contributed by atoms with E-state index in [1.165, 1.54) is 16.9 Å². The first-order valence-electron chi connectivity index (χ1n) is 9.48. The van der Waals surface area contributed by atoms with E-state index >= 15 is 0 Å². The van der Waals surface area contributed by atoms with Crippen molar-refractivity contribution in [3.05, 3.63) is 100 Å². The van der Waals surface area contributed by atoms with Crippen LogP contribution >= 0.6 is 11.6 Å². The highest BCUT2D eigenvalue weighted by atomic mass is 35.5. The van der Waals surface area contributed by atoms with Crippen molar-refractivity contribution >= 4 is 23.4 Å². The zero-order valence-corrected chi connectivity index (χ0v) is 17.3. The van der Waals surface area contributed by atoms with Crippen LogP contribution in [0.2, 0.25) is 5.02 Å². The fourth-order valence-electron chi connectivity index (χ4n) is 2.90. The maximum absolute atomic E-state index is 13.8. The first kappa shape index (κ1) is 21.1. The number of carbonyl (C=O) groups excluding carboxylic acids is 2. The maximum Gasteiger partial charge on any atom is 0.274 e. The van der Waals surface area contributed by atoms with Gasteiger partial charge in [0.05, 0.1) is 17.1 Å². The van der Waals surface area contributed by atoms with E-state index in [1.54, 1.807) is 24.3 Å². The highest BCUT2D eigenvalue weighted by molar-refractivity contribution is 6.33. The van der Waals surface area contributed by atoms with Gasteiger partial charge in [0.25, 0.3) is 11.8 Å². The van der Waals surface area contributed by atoms with Gasteiger partial charge >= 0.3 is 0 Å². The van der Waals surface area contributed by atoms with Gasteiger partial charge in [-0.3, -0.25) is 20.4 Å². The predicted octanol–water partition coefficient (Wildman–Crippen LogP) is 3.26. The second-order valence-corrected chi connectivity index (χ2v) is 7.12. The molecule has 0 saturated carbocycles. The Labute approximate surface area is 187 Å². The van der Waals surface area contributed by atoms with Crippen LogP contribution in [0.1, 0.15) is 26.3 Å². The summed E-state index contributed by atoms with van der Waals surface area (Å²) in [6, 6.07) is 20.0. The SMILES string of the molecule is O=C(NNC(=O)c1c(F)cccc1Cl)c1ccc(Cn2nnc(-c3ccccc3)n2)cc1. The number of amides is 2. The summed E-state index contributed by atoms with van der Waals surface area (Å²) in [5.41, 5.74) is 6.06. The molecule has 4 aromatic rings. The molecule has 0 radical (unpaired) electrons. The van der Waals surface area contributed by atoms with Gasteiger partial charge in [-0.2, -0.15) is 4.80 Å². The maximum atomic E-state index is 13.8. The number of halogens is 2. The van der Waals surface area contributed by atoms with E-state index in [2.05, 4.69) is 26.3 Å². The van der Waals surface area contributed by atoms with E-state index in [0.29, 0.717) is 17.9 Å². The third-order valence-electron chi connectivity index (χ3n) is 4.50. The van der Waals surface area contributed by atoms with Crippen LogP contribution in [0.4, 0.5) is 4.39 Å². The van der Waals surface area contributed by atoms with Gasteiger partial charge in [-0.05, 0) is 35.0 Å². The fraction of sp³-hybridized carbons (Fsp3) is 0.0455. The monoisotopic (exact) mass is 450 g/mol. The Morgan fingerprint density at radius 3 is 2.34 bits per heavy atom. The van der Waals surface area contributed by atoms with Gasteiger partial charge < -0.3 is 0 Å². The van der Waals surface area contributed by atoms with Crippen molar-refractivity contribution in [1.29, 1.82) is 0 Å². The minimum Gasteiger partial charge on any atom is -0.267 e. The minimum atomic E-state index is -0.857. The Morgan fingerprint density at radius 2 is 1.62 bits per heavy atom.